The second kappa shape index (κ2) is 5.90. The second-order valence-corrected chi connectivity index (χ2v) is 5.65. The van der Waals surface area contributed by atoms with Crippen LogP contribution in [0.4, 0.5) is 0 Å². The third-order valence-electron chi connectivity index (χ3n) is 3.60. The van der Waals surface area contributed by atoms with Crippen LogP contribution >= 0.6 is 11.6 Å². The van der Waals surface area contributed by atoms with E-state index >= 15 is 0 Å². The molecular formula is C17H11ClN4O2. The van der Waals surface area contributed by atoms with Crippen molar-refractivity contribution in [2.45, 2.75) is 6.54 Å². The lowest BCUT2D eigenvalue weighted by Gasteiger charge is -2.03. The summed E-state index contributed by atoms with van der Waals surface area (Å²) in [5, 5.41) is 5.11. The minimum absolute atomic E-state index is 0.140. The van der Waals surface area contributed by atoms with Gasteiger partial charge in [0.05, 0.1) is 23.8 Å². The van der Waals surface area contributed by atoms with Gasteiger partial charge in [0.15, 0.2) is 5.82 Å². The molecule has 0 unspecified atom stereocenters. The van der Waals surface area contributed by atoms with Gasteiger partial charge < -0.3 is 4.52 Å². The summed E-state index contributed by atoms with van der Waals surface area (Å²) < 4.78 is 6.71. The first-order valence-corrected chi connectivity index (χ1v) is 7.61. The predicted octanol–water partition coefficient (Wildman–Crippen LogP) is 3.15. The number of rotatable bonds is 3. The molecule has 0 fully saturated rings. The molecule has 7 heteroatoms. The minimum Gasteiger partial charge on any atom is -0.334 e. The smallest absolute Gasteiger partial charge is 0.261 e. The molecule has 0 aliphatic rings. The van der Waals surface area contributed by atoms with Crippen molar-refractivity contribution < 1.29 is 4.52 Å². The zero-order chi connectivity index (χ0) is 16.5. The molecule has 2 aromatic heterocycles. The number of aromatic nitrogens is 4. The molecule has 6 nitrogen and oxygen atoms in total. The third-order valence-corrected chi connectivity index (χ3v) is 3.85. The van der Waals surface area contributed by atoms with E-state index in [2.05, 4.69) is 15.1 Å². The lowest BCUT2D eigenvalue weighted by Crippen LogP contribution is -2.21. The van der Waals surface area contributed by atoms with Gasteiger partial charge in [0, 0.05) is 10.6 Å². The maximum absolute atomic E-state index is 12.5. The number of benzene rings is 2. The fourth-order valence-corrected chi connectivity index (χ4v) is 2.52. The van der Waals surface area contributed by atoms with E-state index in [9.17, 15) is 4.79 Å². The number of para-hydroxylation sites is 1. The van der Waals surface area contributed by atoms with Crippen molar-refractivity contribution in [2.24, 2.45) is 0 Å². The molecule has 0 amide bonds. The van der Waals surface area contributed by atoms with Crippen LogP contribution in [0.1, 0.15) is 5.82 Å². The molecular weight excluding hydrogens is 328 g/mol. The molecule has 2 aromatic carbocycles. The Morgan fingerprint density at radius 2 is 1.88 bits per heavy atom. The highest BCUT2D eigenvalue weighted by Gasteiger charge is 2.11. The maximum atomic E-state index is 12.5. The van der Waals surface area contributed by atoms with Crippen LogP contribution in [0.3, 0.4) is 0 Å². The molecule has 0 aliphatic heterocycles. The van der Waals surface area contributed by atoms with E-state index in [1.165, 1.54) is 10.9 Å². The van der Waals surface area contributed by atoms with Crippen LogP contribution in [0, 0.1) is 0 Å². The van der Waals surface area contributed by atoms with E-state index in [4.69, 9.17) is 16.1 Å². The second-order valence-electron chi connectivity index (χ2n) is 5.22. The Bertz CT molecular complexity index is 1070. The van der Waals surface area contributed by atoms with Crippen molar-refractivity contribution >= 4 is 22.5 Å². The van der Waals surface area contributed by atoms with E-state index in [0.29, 0.717) is 27.6 Å². The number of hydrogen-bond acceptors (Lipinski definition) is 5. The van der Waals surface area contributed by atoms with Gasteiger partial charge in [-0.3, -0.25) is 9.36 Å². The first-order chi connectivity index (χ1) is 11.7. The van der Waals surface area contributed by atoms with Gasteiger partial charge in [0.1, 0.15) is 0 Å². The Hall–Kier alpha value is -2.99. The molecule has 0 spiro atoms. The number of nitrogens with zero attached hydrogens (tertiary/aromatic N) is 4. The molecule has 2 heterocycles. The summed E-state index contributed by atoms with van der Waals surface area (Å²) in [6, 6.07) is 14.3. The summed E-state index contributed by atoms with van der Waals surface area (Å²) in [6.45, 7) is 0.188. The van der Waals surface area contributed by atoms with Gasteiger partial charge in [0.2, 0.25) is 0 Å². The van der Waals surface area contributed by atoms with Crippen LogP contribution in [0.5, 0.6) is 0 Å². The fourth-order valence-electron chi connectivity index (χ4n) is 2.40. The monoisotopic (exact) mass is 338 g/mol. The van der Waals surface area contributed by atoms with Gasteiger partial charge in [-0.25, -0.2) is 4.98 Å². The molecule has 24 heavy (non-hydrogen) atoms. The van der Waals surface area contributed by atoms with E-state index in [-0.39, 0.29) is 12.1 Å². The first kappa shape index (κ1) is 14.6. The molecule has 0 saturated carbocycles. The van der Waals surface area contributed by atoms with Crippen molar-refractivity contribution in [1.29, 1.82) is 0 Å². The molecule has 118 valence electrons. The zero-order valence-corrected chi connectivity index (χ0v) is 13.1. The van der Waals surface area contributed by atoms with Gasteiger partial charge in [-0.2, -0.15) is 4.98 Å². The Labute approximate surface area is 141 Å². The fraction of sp³-hybridized carbons (Fsp3) is 0.0588. The number of hydrogen-bond donors (Lipinski definition) is 0. The van der Waals surface area contributed by atoms with Gasteiger partial charge in [-0.1, -0.05) is 28.9 Å². The molecule has 0 saturated heterocycles. The summed E-state index contributed by atoms with van der Waals surface area (Å²) in [7, 11) is 0. The largest absolute Gasteiger partial charge is 0.334 e. The Balaban J connectivity index is 1.66. The molecule has 0 atom stereocenters. The number of fused-ring (bicyclic) bond motifs is 1. The summed E-state index contributed by atoms with van der Waals surface area (Å²) in [5.74, 6) is 0.780. The topological polar surface area (TPSA) is 73.8 Å². The van der Waals surface area contributed by atoms with E-state index in [1.807, 2.05) is 12.1 Å². The van der Waals surface area contributed by atoms with Crippen LogP contribution < -0.4 is 5.56 Å². The van der Waals surface area contributed by atoms with E-state index in [1.54, 1.807) is 36.4 Å². The standard InChI is InChI=1S/C17H11ClN4O2/c18-12-7-5-11(6-8-12)16-20-15(21-24-16)9-22-10-19-14-4-2-1-3-13(14)17(22)23/h1-8,10H,9H2. The lowest BCUT2D eigenvalue weighted by atomic mass is 10.2. The SMILES string of the molecule is O=c1c2ccccc2ncn1Cc1noc(-c2ccc(Cl)cc2)n1. The van der Waals surface area contributed by atoms with Crippen molar-refractivity contribution in [3.05, 3.63) is 76.1 Å². The molecule has 0 bridgehead atoms. The molecule has 0 radical (unpaired) electrons. The number of halogens is 1. The van der Waals surface area contributed by atoms with E-state index < -0.39 is 0 Å². The van der Waals surface area contributed by atoms with Crippen molar-refractivity contribution in [3.63, 3.8) is 0 Å². The first-order valence-electron chi connectivity index (χ1n) is 7.23. The highest BCUT2D eigenvalue weighted by molar-refractivity contribution is 6.30. The molecule has 4 rings (SSSR count). The lowest BCUT2D eigenvalue weighted by molar-refractivity contribution is 0.420. The van der Waals surface area contributed by atoms with Crippen LogP contribution in [0.25, 0.3) is 22.4 Å². The van der Waals surface area contributed by atoms with Crippen molar-refractivity contribution in [1.82, 2.24) is 19.7 Å². The van der Waals surface area contributed by atoms with Crippen molar-refractivity contribution in [3.8, 4) is 11.5 Å². The quantitative estimate of drug-likeness (QED) is 0.573. The average Bonchev–Trinajstić information content (AvgIpc) is 3.07. The van der Waals surface area contributed by atoms with Gasteiger partial charge in [-0.15, -0.1) is 0 Å². The summed E-state index contributed by atoms with van der Waals surface area (Å²) in [5.41, 5.74) is 1.29. The van der Waals surface area contributed by atoms with E-state index in [0.717, 1.165) is 5.56 Å². The zero-order valence-electron chi connectivity index (χ0n) is 12.4. The molecule has 0 aliphatic carbocycles. The third kappa shape index (κ3) is 2.68. The summed E-state index contributed by atoms with van der Waals surface area (Å²) in [4.78, 5) is 21.1. The molecule has 0 N–H and O–H groups in total. The van der Waals surface area contributed by atoms with Gasteiger partial charge in [0.25, 0.3) is 11.4 Å². The van der Waals surface area contributed by atoms with Gasteiger partial charge in [-0.05, 0) is 36.4 Å². The van der Waals surface area contributed by atoms with Crippen LogP contribution in [-0.4, -0.2) is 19.7 Å². The summed E-state index contributed by atoms with van der Waals surface area (Å²) >= 11 is 5.87. The Morgan fingerprint density at radius 3 is 2.71 bits per heavy atom. The average molecular weight is 339 g/mol. The maximum Gasteiger partial charge on any atom is 0.261 e. The normalized spacial score (nSPS) is 11.0. The molecule has 4 aromatic rings. The van der Waals surface area contributed by atoms with Crippen LogP contribution in [0.2, 0.25) is 5.02 Å². The highest BCUT2D eigenvalue weighted by atomic mass is 35.5. The van der Waals surface area contributed by atoms with Crippen LogP contribution in [0.15, 0.2) is 64.2 Å². The Morgan fingerprint density at radius 1 is 1.08 bits per heavy atom. The predicted molar refractivity (Wildman–Crippen MR) is 89.8 cm³/mol. The Kier molecular flexibility index (Phi) is 3.59. The summed E-state index contributed by atoms with van der Waals surface area (Å²) in [6.07, 6.45) is 1.49. The van der Waals surface area contributed by atoms with Crippen LogP contribution in [-0.2, 0) is 6.54 Å². The minimum atomic E-state index is -0.140. The highest BCUT2D eigenvalue weighted by Crippen LogP contribution is 2.19. The van der Waals surface area contributed by atoms with Crippen molar-refractivity contribution in [2.75, 3.05) is 0 Å². The van der Waals surface area contributed by atoms with Gasteiger partial charge >= 0.3 is 0 Å².